The molecule has 106 valence electrons. The van der Waals surface area contributed by atoms with Crippen LogP contribution in [0.25, 0.3) is 0 Å². The fourth-order valence-electron chi connectivity index (χ4n) is 2.49. The van der Waals surface area contributed by atoms with Crippen molar-refractivity contribution in [1.29, 1.82) is 0 Å². The van der Waals surface area contributed by atoms with Gasteiger partial charge in [0.1, 0.15) is 0 Å². The molecule has 18 heavy (non-hydrogen) atoms. The van der Waals surface area contributed by atoms with Crippen molar-refractivity contribution >= 4 is 17.3 Å². The van der Waals surface area contributed by atoms with Gasteiger partial charge in [-0.3, -0.25) is 0 Å². The first-order chi connectivity index (χ1) is 8.63. The highest BCUT2D eigenvalue weighted by molar-refractivity contribution is 7.80. The summed E-state index contributed by atoms with van der Waals surface area (Å²) < 4.78 is 0. The molecule has 0 aromatic rings. The van der Waals surface area contributed by atoms with Crippen LogP contribution in [0.5, 0.6) is 0 Å². The second-order valence-corrected chi connectivity index (χ2v) is 5.91. The van der Waals surface area contributed by atoms with Gasteiger partial charge >= 0.3 is 0 Å². The average molecular weight is 271 g/mol. The highest BCUT2D eigenvalue weighted by atomic mass is 32.1. The van der Waals surface area contributed by atoms with E-state index in [-0.39, 0.29) is 0 Å². The zero-order valence-electron chi connectivity index (χ0n) is 12.2. The number of nitrogens with one attached hydrogen (secondary N) is 1. The highest BCUT2D eigenvalue weighted by Gasteiger charge is 2.16. The van der Waals surface area contributed by atoms with Crippen molar-refractivity contribution in [3.8, 4) is 0 Å². The number of hydrogen-bond acceptors (Lipinski definition) is 2. The lowest BCUT2D eigenvalue weighted by Gasteiger charge is -2.30. The molecule has 0 aromatic carbocycles. The van der Waals surface area contributed by atoms with Crippen LogP contribution >= 0.6 is 12.2 Å². The van der Waals surface area contributed by atoms with E-state index in [0.29, 0.717) is 6.04 Å². The molecule has 1 saturated carbocycles. The number of nitrogens with zero attached hydrogens (tertiary/aromatic N) is 2. The molecule has 1 aliphatic carbocycles. The Bertz CT molecular complexity index is 237. The molecule has 1 fully saturated rings. The highest BCUT2D eigenvalue weighted by Crippen LogP contribution is 2.17. The summed E-state index contributed by atoms with van der Waals surface area (Å²) in [6.45, 7) is 5.38. The number of rotatable bonds is 6. The molecule has 0 spiro atoms. The average Bonchev–Trinajstić information content (AvgIpc) is 2.35. The third-order valence-electron chi connectivity index (χ3n) is 3.64. The van der Waals surface area contributed by atoms with Crippen LogP contribution in [0.3, 0.4) is 0 Å². The van der Waals surface area contributed by atoms with Crippen molar-refractivity contribution < 1.29 is 0 Å². The van der Waals surface area contributed by atoms with E-state index in [1.54, 1.807) is 0 Å². The number of hydrogen-bond donors (Lipinski definition) is 1. The summed E-state index contributed by atoms with van der Waals surface area (Å²) in [6, 6.07) is 0.620. The van der Waals surface area contributed by atoms with Crippen molar-refractivity contribution in [2.75, 3.05) is 33.7 Å². The third-order valence-corrected chi connectivity index (χ3v) is 4.01. The van der Waals surface area contributed by atoms with Crippen LogP contribution in [0.1, 0.15) is 45.4 Å². The van der Waals surface area contributed by atoms with Crippen molar-refractivity contribution in [1.82, 2.24) is 15.1 Å². The molecular formula is C14H29N3S. The van der Waals surface area contributed by atoms with Crippen molar-refractivity contribution in [3.63, 3.8) is 0 Å². The Kier molecular flexibility index (Phi) is 7.59. The van der Waals surface area contributed by atoms with Gasteiger partial charge < -0.3 is 15.1 Å². The van der Waals surface area contributed by atoms with Crippen LogP contribution in [-0.2, 0) is 0 Å². The molecule has 0 bridgehead atoms. The van der Waals surface area contributed by atoms with Gasteiger partial charge in [-0.05, 0) is 59.0 Å². The number of thiocarbonyl (C=S) groups is 1. The lowest BCUT2D eigenvalue weighted by atomic mass is 9.96. The van der Waals surface area contributed by atoms with E-state index in [1.165, 1.54) is 38.5 Å². The first-order valence-electron chi connectivity index (χ1n) is 7.33. The SMILES string of the molecule is CCN(CCCN(C)C)C(=S)NC1CCCCC1. The van der Waals surface area contributed by atoms with Gasteiger partial charge in [0.15, 0.2) is 5.11 Å². The summed E-state index contributed by atoms with van der Waals surface area (Å²) in [6.07, 6.45) is 7.85. The van der Waals surface area contributed by atoms with E-state index in [9.17, 15) is 0 Å². The van der Waals surface area contributed by atoms with Crippen LogP contribution in [0.2, 0.25) is 0 Å². The molecule has 4 heteroatoms. The molecule has 0 aromatic heterocycles. The second kappa shape index (κ2) is 8.70. The summed E-state index contributed by atoms with van der Waals surface area (Å²) in [5, 5.41) is 4.51. The van der Waals surface area contributed by atoms with Gasteiger partial charge in [0.25, 0.3) is 0 Å². The van der Waals surface area contributed by atoms with Gasteiger partial charge in [0, 0.05) is 19.1 Å². The molecule has 1 rings (SSSR count). The summed E-state index contributed by atoms with van der Waals surface area (Å²) in [4.78, 5) is 4.53. The maximum absolute atomic E-state index is 5.54. The van der Waals surface area contributed by atoms with E-state index in [4.69, 9.17) is 12.2 Å². The summed E-state index contributed by atoms with van der Waals surface area (Å²) in [7, 11) is 4.24. The van der Waals surface area contributed by atoms with Crippen LogP contribution in [0, 0.1) is 0 Å². The topological polar surface area (TPSA) is 18.5 Å². The molecule has 0 atom stereocenters. The van der Waals surface area contributed by atoms with Crippen molar-refractivity contribution in [2.24, 2.45) is 0 Å². The zero-order valence-corrected chi connectivity index (χ0v) is 13.1. The van der Waals surface area contributed by atoms with Gasteiger partial charge in [-0.25, -0.2) is 0 Å². The molecule has 0 unspecified atom stereocenters. The summed E-state index contributed by atoms with van der Waals surface area (Å²) >= 11 is 5.54. The van der Waals surface area contributed by atoms with Gasteiger partial charge in [0.05, 0.1) is 0 Å². The molecule has 0 radical (unpaired) electrons. The quantitative estimate of drug-likeness (QED) is 0.748. The van der Waals surface area contributed by atoms with Crippen LogP contribution < -0.4 is 5.32 Å². The Morgan fingerprint density at radius 1 is 1.17 bits per heavy atom. The summed E-state index contributed by atoms with van der Waals surface area (Å²) in [5.41, 5.74) is 0. The minimum Gasteiger partial charge on any atom is -0.360 e. The van der Waals surface area contributed by atoms with E-state index in [1.807, 2.05) is 0 Å². The van der Waals surface area contributed by atoms with Crippen LogP contribution in [0.4, 0.5) is 0 Å². The van der Waals surface area contributed by atoms with E-state index in [0.717, 1.165) is 24.7 Å². The molecular weight excluding hydrogens is 242 g/mol. The molecule has 1 aliphatic rings. The first-order valence-corrected chi connectivity index (χ1v) is 7.74. The monoisotopic (exact) mass is 271 g/mol. The lowest BCUT2D eigenvalue weighted by Crippen LogP contribution is -2.45. The van der Waals surface area contributed by atoms with Crippen LogP contribution in [-0.4, -0.2) is 54.7 Å². The molecule has 1 N–H and O–H groups in total. The van der Waals surface area contributed by atoms with Crippen LogP contribution in [0.15, 0.2) is 0 Å². The fraction of sp³-hybridized carbons (Fsp3) is 0.929. The van der Waals surface area contributed by atoms with E-state index in [2.05, 4.69) is 36.1 Å². The summed E-state index contributed by atoms with van der Waals surface area (Å²) in [5.74, 6) is 0. The normalized spacial score (nSPS) is 16.9. The van der Waals surface area contributed by atoms with Gasteiger partial charge in [0.2, 0.25) is 0 Å². The predicted octanol–water partition coefficient (Wildman–Crippen LogP) is 2.47. The van der Waals surface area contributed by atoms with Gasteiger partial charge in [-0.2, -0.15) is 0 Å². The second-order valence-electron chi connectivity index (χ2n) is 5.52. The minimum atomic E-state index is 0.620. The maximum atomic E-state index is 5.54. The predicted molar refractivity (Wildman–Crippen MR) is 83.0 cm³/mol. The van der Waals surface area contributed by atoms with Gasteiger partial charge in [-0.15, -0.1) is 0 Å². The molecule has 0 heterocycles. The zero-order chi connectivity index (χ0) is 13.4. The van der Waals surface area contributed by atoms with Gasteiger partial charge in [-0.1, -0.05) is 19.3 Å². The largest absolute Gasteiger partial charge is 0.360 e. The minimum absolute atomic E-state index is 0.620. The molecule has 0 aliphatic heterocycles. The molecule has 0 amide bonds. The third kappa shape index (κ3) is 6.01. The lowest BCUT2D eigenvalue weighted by molar-refractivity contribution is 0.342. The Morgan fingerprint density at radius 2 is 1.83 bits per heavy atom. The Hall–Kier alpha value is -0.350. The Morgan fingerprint density at radius 3 is 2.39 bits per heavy atom. The van der Waals surface area contributed by atoms with E-state index >= 15 is 0 Å². The Balaban J connectivity index is 2.27. The first kappa shape index (κ1) is 15.7. The molecule has 3 nitrogen and oxygen atoms in total. The van der Waals surface area contributed by atoms with E-state index < -0.39 is 0 Å². The Labute approximate surface area is 118 Å². The molecule has 0 saturated heterocycles. The maximum Gasteiger partial charge on any atom is 0.169 e. The smallest absolute Gasteiger partial charge is 0.169 e. The van der Waals surface area contributed by atoms with Crippen molar-refractivity contribution in [3.05, 3.63) is 0 Å². The van der Waals surface area contributed by atoms with Crippen molar-refractivity contribution in [2.45, 2.75) is 51.5 Å². The standard InChI is InChI=1S/C14H29N3S/c1-4-17(12-8-11-16(2)3)14(18)15-13-9-6-5-7-10-13/h13H,4-12H2,1-3H3,(H,15,18). The fourth-order valence-corrected chi connectivity index (χ4v) is 2.88.